The number of anilines is 6. The number of aliphatic hydroxyl groups is 1. The molecule has 0 aromatic heterocycles. The second-order valence-electron chi connectivity index (χ2n) is 9.84. The molecule has 0 heterocycles. The Balaban J connectivity index is 1.28. The normalized spacial score (nSPS) is 10.7. The Morgan fingerprint density at radius 3 is 1.02 bits per heavy atom. The number of para-hydroxylation sites is 3. The van der Waals surface area contributed by atoms with Crippen molar-refractivity contribution in [3.63, 3.8) is 0 Å². The van der Waals surface area contributed by atoms with Gasteiger partial charge in [0.05, 0.1) is 6.61 Å². The van der Waals surface area contributed by atoms with Crippen molar-refractivity contribution in [3.8, 4) is 16.9 Å². The summed E-state index contributed by atoms with van der Waals surface area (Å²) >= 11 is 0. The summed E-state index contributed by atoms with van der Waals surface area (Å²) in [5.74, 6) is 0.734. The zero-order valence-corrected chi connectivity index (χ0v) is 23.3. The Hall–Kier alpha value is -5.32. The zero-order chi connectivity index (χ0) is 28.6. The van der Waals surface area contributed by atoms with Crippen LogP contribution >= 0.6 is 0 Å². The standard InChI is InChI=1S/C38H32N2O2/c41-28-29-42-38-26-24-37(25-27-38)40(34-14-8-3-9-15-34)36-22-18-31(19-23-36)30-16-20-35(21-17-30)39(32-10-4-1-5-11-32)33-12-6-2-7-13-33/h1-27,41H,28-29H2. The minimum absolute atomic E-state index is 0.00865. The monoisotopic (exact) mass is 548 g/mol. The molecule has 0 aliphatic carbocycles. The Bertz CT molecular complexity index is 1630. The van der Waals surface area contributed by atoms with Crippen LogP contribution in [0.15, 0.2) is 164 Å². The lowest BCUT2D eigenvalue weighted by Crippen LogP contribution is -2.10. The Morgan fingerprint density at radius 1 is 0.381 bits per heavy atom. The molecule has 0 unspecified atom stereocenters. The summed E-state index contributed by atoms with van der Waals surface area (Å²) < 4.78 is 5.57. The maximum absolute atomic E-state index is 9.07. The third-order valence-electron chi connectivity index (χ3n) is 7.08. The average Bonchev–Trinajstić information content (AvgIpc) is 3.07. The lowest BCUT2D eigenvalue weighted by molar-refractivity contribution is 0.201. The molecule has 4 heteroatoms. The van der Waals surface area contributed by atoms with Crippen molar-refractivity contribution < 1.29 is 9.84 Å². The van der Waals surface area contributed by atoms with Gasteiger partial charge in [0.1, 0.15) is 12.4 Å². The molecule has 0 atom stereocenters. The van der Waals surface area contributed by atoms with Crippen LogP contribution in [-0.2, 0) is 0 Å². The molecule has 0 saturated carbocycles. The second-order valence-corrected chi connectivity index (χ2v) is 9.84. The lowest BCUT2D eigenvalue weighted by atomic mass is 10.0. The van der Waals surface area contributed by atoms with E-state index in [4.69, 9.17) is 9.84 Å². The molecular weight excluding hydrogens is 516 g/mol. The van der Waals surface area contributed by atoms with Crippen molar-refractivity contribution in [1.29, 1.82) is 0 Å². The molecule has 0 aliphatic rings. The minimum Gasteiger partial charge on any atom is -0.491 e. The van der Waals surface area contributed by atoms with Crippen LogP contribution in [0.4, 0.5) is 34.1 Å². The molecule has 4 nitrogen and oxygen atoms in total. The van der Waals surface area contributed by atoms with Gasteiger partial charge in [-0.1, -0.05) is 78.9 Å². The van der Waals surface area contributed by atoms with Crippen LogP contribution in [0.5, 0.6) is 5.75 Å². The lowest BCUT2D eigenvalue weighted by Gasteiger charge is -2.26. The highest BCUT2D eigenvalue weighted by molar-refractivity contribution is 5.80. The number of hydrogen-bond donors (Lipinski definition) is 1. The summed E-state index contributed by atoms with van der Waals surface area (Å²) in [7, 11) is 0. The summed E-state index contributed by atoms with van der Waals surface area (Å²) in [6.45, 7) is 0.270. The smallest absolute Gasteiger partial charge is 0.119 e. The summed E-state index contributed by atoms with van der Waals surface area (Å²) in [6.07, 6.45) is 0. The Labute approximate surface area is 247 Å². The zero-order valence-electron chi connectivity index (χ0n) is 23.3. The van der Waals surface area contributed by atoms with E-state index in [1.165, 1.54) is 0 Å². The first-order valence-corrected chi connectivity index (χ1v) is 14.1. The number of ether oxygens (including phenoxy) is 1. The van der Waals surface area contributed by atoms with Crippen molar-refractivity contribution in [3.05, 3.63) is 164 Å². The fraction of sp³-hybridized carbons (Fsp3) is 0.0526. The summed E-state index contributed by atoms with van der Waals surface area (Å²) in [6, 6.07) is 56.6. The maximum Gasteiger partial charge on any atom is 0.119 e. The van der Waals surface area contributed by atoms with E-state index in [-0.39, 0.29) is 13.2 Å². The third-order valence-corrected chi connectivity index (χ3v) is 7.08. The fourth-order valence-electron chi connectivity index (χ4n) is 5.09. The topological polar surface area (TPSA) is 35.9 Å². The molecule has 0 fully saturated rings. The molecule has 0 radical (unpaired) electrons. The van der Waals surface area contributed by atoms with Crippen molar-refractivity contribution in [1.82, 2.24) is 0 Å². The van der Waals surface area contributed by atoms with Gasteiger partial charge in [0.25, 0.3) is 0 Å². The number of benzene rings is 6. The highest BCUT2D eigenvalue weighted by atomic mass is 16.5. The number of nitrogens with zero attached hydrogens (tertiary/aromatic N) is 2. The van der Waals surface area contributed by atoms with Gasteiger partial charge in [0.15, 0.2) is 0 Å². The van der Waals surface area contributed by atoms with Crippen LogP contribution in [0.3, 0.4) is 0 Å². The minimum atomic E-state index is -0.00865. The van der Waals surface area contributed by atoms with Crippen LogP contribution in [0.1, 0.15) is 0 Å². The average molecular weight is 549 g/mol. The third kappa shape index (κ3) is 6.04. The molecule has 1 N–H and O–H groups in total. The molecule has 42 heavy (non-hydrogen) atoms. The molecule has 0 amide bonds. The van der Waals surface area contributed by atoms with Crippen LogP contribution in [-0.4, -0.2) is 18.3 Å². The van der Waals surface area contributed by atoms with E-state index in [2.05, 4.69) is 119 Å². The number of hydrogen-bond acceptors (Lipinski definition) is 4. The van der Waals surface area contributed by atoms with Crippen molar-refractivity contribution >= 4 is 34.1 Å². The van der Waals surface area contributed by atoms with Crippen LogP contribution in [0.25, 0.3) is 11.1 Å². The van der Waals surface area contributed by atoms with E-state index in [1.807, 2.05) is 54.6 Å². The first-order valence-electron chi connectivity index (χ1n) is 14.1. The molecule has 0 saturated heterocycles. The molecule has 206 valence electrons. The van der Waals surface area contributed by atoms with Gasteiger partial charge in [-0.3, -0.25) is 0 Å². The van der Waals surface area contributed by atoms with Crippen molar-refractivity contribution in [2.75, 3.05) is 23.0 Å². The molecule has 6 aromatic carbocycles. The van der Waals surface area contributed by atoms with E-state index >= 15 is 0 Å². The van der Waals surface area contributed by atoms with E-state index in [1.54, 1.807) is 0 Å². The molecule has 6 aromatic rings. The predicted octanol–water partition coefficient (Wildman–Crippen LogP) is 9.66. The van der Waals surface area contributed by atoms with E-state index in [0.29, 0.717) is 0 Å². The van der Waals surface area contributed by atoms with Gasteiger partial charge in [-0.25, -0.2) is 0 Å². The van der Waals surface area contributed by atoms with E-state index < -0.39 is 0 Å². The van der Waals surface area contributed by atoms with Gasteiger partial charge >= 0.3 is 0 Å². The largest absolute Gasteiger partial charge is 0.491 e. The summed E-state index contributed by atoms with van der Waals surface area (Å²) in [5.41, 5.74) is 8.81. The summed E-state index contributed by atoms with van der Waals surface area (Å²) in [5, 5.41) is 9.07. The van der Waals surface area contributed by atoms with Crippen molar-refractivity contribution in [2.45, 2.75) is 0 Å². The van der Waals surface area contributed by atoms with Gasteiger partial charge in [-0.15, -0.1) is 0 Å². The van der Waals surface area contributed by atoms with E-state index in [0.717, 1.165) is 51.0 Å². The number of aliphatic hydroxyl groups excluding tert-OH is 1. The van der Waals surface area contributed by atoms with Gasteiger partial charge in [-0.05, 0) is 96.1 Å². The molecule has 0 bridgehead atoms. The molecule has 0 spiro atoms. The van der Waals surface area contributed by atoms with Gasteiger partial charge in [-0.2, -0.15) is 0 Å². The Kier molecular flexibility index (Phi) is 8.25. The molecular formula is C38H32N2O2. The van der Waals surface area contributed by atoms with Gasteiger partial charge in [0, 0.05) is 34.1 Å². The van der Waals surface area contributed by atoms with Crippen LogP contribution in [0.2, 0.25) is 0 Å². The first kappa shape index (κ1) is 26.9. The highest BCUT2D eigenvalue weighted by Crippen LogP contribution is 2.38. The SMILES string of the molecule is OCCOc1ccc(N(c2ccccc2)c2ccc(-c3ccc(N(c4ccccc4)c4ccccc4)cc3)cc2)cc1. The van der Waals surface area contributed by atoms with Crippen LogP contribution < -0.4 is 14.5 Å². The fourth-order valence-corrected chi connectivity index (χ4v) is 5.09. The summed E-state index contributed by atoms with van der Waals surface area (Å²) in [4.78, 5) is 4.49. The number of rotatable bonds is 10. The second kappa shape index (κ2) is 12.9. The quantitative estimate of drug-likeness (QED) is 0.185. The van der Waals surface area contributed by atoms with Gasteiger partial charge in [0.2, 0.25) is 0 Å². The molecule has 0 aliphatic heterocycles. The maximum atomic E-state index is 9.07. The highest BCUT2D eigenvalue weighted by Gasteiger charge is 2.14. The molecule has 6 rings (SSSR count). The predicted molar refractivity (Wildman–Crippen MR) is 174 cm³/mol. The Morgan fingerprint density at radius 2 is 0.690 bits per heavy atom. The van der Waals surface area contributed by atoms with Crippen LogP contribution in [0, 0.1) is 0 Å². The van der Waals surface area contributed by atoms with E-state index in [9.17, 15) is 0 Å². The van der Waals surface area contributed by atoms with Crippen molar-refractivity contribution in [2.24, 2.45) is 0 Å². The van der Waals surface area contributed by atoms with Gasteiger partial charge < -0.3 is 19.6 Å². The first-order chi connectivity index (χ1) is 20.8.